The Kier molecular flexibility index (Phi) is 4.88. The Morgan fingerprint density at radius 1 is 1.33 bits per heavy atom. The summed E-state index contributed by atoms with van der Waals surface area (Å²) >= 11 is 0. The van der Waals surface area contributed by atoms with Gasteiger partial charge in [0.1, 0.15) is 5.82 Å². The molecule has 0 amide bonds. The summed E-state index contributed by atoms with van der Waals surface area (Å²) in [5, 5.41) is 15.6. The minimum atomic E-state index is -0.322. The Bertz CT molecular complexity index is 932. The van der Waals surface area contributed by atoms with E-state index in [2.05, 4.69) is 16.1 Å². The summed E-state index contributed by atoms with van der Waals surface area (Å²) in [6.07, 6.45) is 2.63. The van der Waals surface area contributed by atoms with Crippen molar-refractivity contribution in [3.05, 3.63) is 47.9 Å². The Morgan fingerprint density at radius 2 is 2.15 bits per heavy atom. The average molecular weight is 369 g/mol. The van der Waals surface area contributed by atoms with Crippen LogP contribution in [0.1, 0.15) is 37.8 Å². The molecule has 5 nitrogen and oxygen atoms in total. The summed E-state index contributed by atoms with van der Waals surface area (Å²) in [7, 11) is 0. The minimum Gasteiger partial charge on any atom is -0.503 e. The highest BCUT2D eigenvalue weighted by Gasteiger charge is 2.27. The van der Waals surface area contributed by atoms with E-state index in [-0.39, 0.29) is 17.5 Å². The molecule has 6 heteroatoms. The highest BCUT2D eigenvalue weighted by atomic mass is 19.1. The highest BCUT2D eigenvalue weighted by molar-refractivity contribution is 5.80. The molecule has 0 aliphatic carbocycles. The molecule has 4 rings (SSSR count). The smallest absolute Gasteiger partial charge is 0.182 e. The Labute approximate surface area is 157 Å². The molecule has 3 aromatic rings. The summed E-state index contributed by atoms with van der Waals surface area (Å²) < 4.78 is 24.2. The van der Waals surface area contributed by atoms with E-state index in [4.69, 9.17) is 9.26 Å². The van der Waals surface area contributed by atoms with Crippen molar-refractivity contribution in [3.63, 3.8) is 0 Å². The van der Waals surface area contributed by atoms with Gasteiger partial charge in [-0.05, 0) is 43.5 Å². The van der Waals surface area contributed by atoms with Crippen LogP contribution in [0.3, 0.4) is 0 Å². The van der Waals surface area contributed by atoms with Crippen LogP contribution in [0.5, 0.6) is 11.5 Å². The number of halogens is 1. The first-order valence-corrected chi connectivity index (χ1v) is 9.33. The van der Waals surface area contributed by atoms with Gasteiger partial charge in [0, 0.05) is 36.5 Å². The number of anilines is 1. The molecule has 1 aliphatic heterocycles. The molecule has 1 aliphatic rings. The summed E-state index contributed by atoms with van der Waals surface area (Å²) in [5.41, 5.74) is 2.15. The lowest BCUT2D eigenvalue weighted by Gasteiger charge is -2.33. The highest BCUT2D eigenvalue weighted by Crippen LogP contribution is 2.40. The largest absolute Gasteiger partial charge is 0.503 e. The lowest BCUT2D eigenvalue weighted by Crippen LogP contribution is -2.33. The maximum absolute atomic E-state index is 13.3. The topological polar surface area (TPSA) is 58.7 Å². The van der Waals surface area contributed by atoms with E-state index in [1.165, 1.54) is 12.1 Å². The second-order valence-electron chi connectivity index (χ2n) is 6.86. The number of piperidine rings is 1. The number of hydrogen-bond donors (Lipinski definition) is 1. The lowest BCUT2D eigenvalue weighted by molar-refractivity contribution is 0.298. The third kappa shape index (κ3) is 3.44. The third-order valence-electron chi connectivity index (χ3n) is 5.05. The summed E-state index contributed by atoms with van der Waals surface area (Å²) in [6, 6.07) is 11.1. The summed E-state index contributed by atoms with van der Waals surface area (Å²) in [6.45, 7) is 4.14. The van der Waals surface area contributed by atoms with Gasteiger partial charge in [-0.3, -0.25) is 0 Å². The molecule has 141 valence electrons. The molecule has 1 saturated heterocycles. The zero-order chi connectivity index (χ0) is 18.8. The van der Waals surface area contributed by atoms with E-state index >= 15 is 0 Å². The monoisotopic (exact) mass is 369 g/mol. The minimum absolute atomic E-state index is 0.145. The van der Waals surface area contributed by atoms with E-state index in [1.54, 1.807) is 12.1 Å². The van der Waals surface area contributed by atoms with Crippen LogP contribution in [0.15, 0.2) is 34.9 Å². The second kappa shape index (κ2) is 7.47. The Morgan fingerprint density at radius 3 is 2.93 bits per heavy atom. The van der Waals surface area contributed by atoms with E-state index in [9.17, 15) is 9.50 Å². The van der Waals surface area contributed by atoms with Crippen LogP contribution in [0.4, 0.5) is 10.1 Å². The molecule has 0 atom stereocenters. The normalized spacial score (nSPS) is 15.4. The molecule has 1 aromatic heterocycles. The molecular formula is C21H22FN2O3. The van der Waals surface area contributed by atoms with Gasteiger partial charge in [0.25, 0.3) is 0 Å². The van der Waals surface area contributed by atoms with Crippen molar-refractivity contribution in [1.82, 2.24) is 5.16 Å². The van der Waals surface area contributed by atoms with Gasteiger partial charge in [0.05, 0.1) is 18.0 Å². The van der Waals surface area contributed by atoms with Crippen molar-refractivity contribution in [1.29, 1.82) is 0 Å². The first-order chi connectivity index (χ1) is 13.2. The van der Waals surface area contributed by atoms with Gasteiger partial charge in [0.15, 0.2) is 17.1 Å². The van der Waals surface area contributed by atoms with Gasteiger partial charge in [0.2, 0.25) is 0 Å². The van der Waals surface area contributed by atoms with Crippen molar-refractivity contribution in [2.45, 2.75) is 32.1 Å². The van der Waals surface area contributed by atoms with Gasteiger partial charge >= 0.3 is 0 Å². The van der Waals surface area contributed by atoms with Gasteiger partial charge in [-0.25, -0.2) is 4.39 Å². The number of benzene rings is 2. The van der Waals surface area contributed by atoms with Gasteiger partial charge < -0.3 is 19.3 Å². The molecule has 1 fully saturated rings. The fourth-order valence-electron chi connectivity index (χ4n) is 3.65. The number of aromatic hydroxyl groups is 1. The van der Waals surface area contributed by atoms with Gasteiger partial charge in [-0.15, -0.1) is 0 Å². The number of nitrogens with zero attached hydrogens (tertiary/aromatic N) is 2. The SMILES string of the molecule is CCCOc1[c]ccc(N2CCC(c3noc4cc(F)ccc34)CC2)c1O. The average Bonchev–Trinajstić information content (AvgIpc) is 3.10. The number of hydrogen-bond acceptors (Lipinski definition) is 5. The van der Waals surface area contributed by atoms with Crippen LogP contribution in [-0.2, 0) is 0 Å². The standard InChI is InChI=1S/C21H22FN2O3/c1-2-12-26-18-5-3-4-17(21(18)25)24-10-8-14(9-11-24)20-16-7-6-15(22)13-19(16)27-23-20/h3-4,6-7,13-14,25H,2,8-12H2,1H3. The van der Waals surface area contributed by atoms with Gasteiger partial charge in [-0.2, -0.15) is 0 Å². The maximum Gasteiger partial charge on any atom is 0.182 e. The lowest BCUT2D eigenvalue weighted by atomic mass is 9.91. The molecule has 1 N–H and O–H groups in total. The molecule has 0 saturated carbocycles. The van der Waals surface area contributed by atoms with Crippen molar-refractivity contribution in [2.24, 2.45) is 0 Å². The van der Waals surface area contributed by atoms with Crippen LogP contribution in [0, 0.1) is 11.9 Å². The third-order valence-corrected chi connectivity index (χ3v) is 5.05. The van der Waals surface area contributed by atoms with Crippen molar-refractivity contribution >= 4 is 16.7 Å². The van der Waals surface area contributed by atoms with E-state index in [0.29, 0.717) is 17.9 Å². The zero-order valence-electron chi connectivity index (χ0n) is 15.2. The van der Waals surface area contributed by atoms with Crippen molar-refractivity contribution < 1.29 is 18.8 Å². The molecule has 2 aromatic carbocycles. The Hall–Kier alpha value is -2.76. The fraction of sp³-hybridized carbons (Fsp3) is 0.381. The summed E-state index contributed by atoms with van der Waals surface area (Å²) in [5.74, 6) is 0.478. The van der Waals surface area contributed by atoms with E-state index < -0.39 is 0 Å². The molecular weight excluding hydrogens is 347 g/mol. The zero-order valence-corrected chi connectivity index (χ0v) is 15.2. The maximum atomic E-state index is 13.3. The van der Waals surface area contributed by atoms with Crippen LogP contribution >= 0.6 is 0 Å². The van der Waals surface area contributed by atoms with Crippen LogP contribution in [0.2, 0.25) is 0 Å². The molecule has 0 spiro atoms. The van der Waals surface area contributed by atoms with Gasteiger partial charge in [-0.1, -0.05) is 12.1 Å². The van der Waals surface area contributed by atoms with Crippen LogP contribution in [0.25, 0.3) is 11.0 Å². The van der Waals surface area contributed by atoms with Crippen LogP contribution < -0.4 is 9.64 Å². The summed E-state index contributed by atoms with van der Waals surface area (Å²) in [4.78, 5) is 2.15. The second-order valence-corrected chi connectivity index (χ2v) is 6.86. The quantitative estimate of drug-likeness (QED) is 0.710. The Balaban J connectivity index is 1.49. The number of rotatable bonds is 5. The van der Waals surface area contributed by atoms with E-state index in [1.807, 2.05) is 13.0 Å². The first-order valence-electron chi connectivity index (χ1n) is 9.33. The van der Waals surface area contributed by atoms with Crippen molar-refractivity contribution in [3.8, 4) is 11.5 Å². The number of fused-ring (bicyclic) bond motifs is 1. The molecule has 0 bridgehead atoms. The number of phenolic OH excluding ortho intramolecular Hbond substituents is 1. The number of phenols is 1. The van der Waals surface area contributed by atoms with Crippen molar-refractivity contribution in [2.75, 3.05) is 24.6 Å². The predicted octanol–water partition coefficient (Wildman–Crippen LogP) is 4.65. The number of aromatic nitrogens is 1. The molecule has 2 heterocycles. The van der Waals surface area contributed by atoms with E-state index in [0.717, 1.165) is 49.1 Å². The molecule has 0 unspecified atom stereocenters. The number of ether oxygens (including phenoxy) is 1. The molecule has 1 radical (unpaired) electrons. The molecule has 27 heavy (non-hydrogen) atoms. The van der Waals surface area contributed by atoms with Crippen LogP contribution in [-0.4, -0.2) is 30.0 Å². The first kappa shape index (κ1) is 17.6. The fourth-order valence-corrected chi connectivity index (χ4v) is 3.65. The predicted molar refractivity (Wildman–Crippen MR) is 101 cm³/mol.